The molecule has 7 heteroatoms. The standard InChI is InChI=1S/C28H33N3O2S.ClH/c1-19(32)31(23-8-10-25(11-9-23)33-24-6-4-3-5-7-24)26-18-34-27(30(26)2)29-28-15-20-12-21(16-28)14-22(13-20)17-28;/h3-11,20-22,26H,12-18H2,1-2H3;1H. The number of carbonyl (C=O) groups is 1. The van der Waals surface area contributed by atoms with Crippen LogP contribution in [0.2, 0.25) is 0 Å². The molecular formula is C28H34ClN3O2S. The van der Waals surface area contributed by atoms with Crippen LogP contribution < -0.4 is 9.64 Å². The molecule has 2 aromatic carbocycles. The molecule has 1 heterocycles. The van der Waals surface area contributed by atoms with Crippen LogP contribution in [0.5, 0.6) is 11.5 Å². The molecule has 1 saturated heterocycles. The number of ether oxygens (including phenoxy) is 1. The minimum absolute atomic E-state index is 0. The fourth-order valence-corrected chi connectivity index (χ4v) is 8.37. The van der Waals surface area contributed by atoms with E-state index in [1.54, 1.807) is 6.92 Å². The van der Waals surface area contributed by atoms with Crippen LogP contribution in [0.1, 0.15) is 45.4 Å². The molecule has 4 saturated carbocycles. The van der Waals surface area contributed by atoms with E-state index in [1.165, 1.54) is 38.5 Å². The third-order valence-electron chi connectivity index (χ3n) is 8.18. The van der Waals surface area contributed by atoms with Crippen molar-refractivity contribution in [2.24, 2.45) is 22.7 Å². The van der Waals surface area contributed by atoms with E-state index in [1.807, 2.05) is 71.3 Å². The van der Waals surface area contributed by atoms with E-state index in [9.17, 15) is 4.79 Å². The number of nitrogens with zero attached hydrogens (tertiary/aromatic N) is 3. The van der Waals surface area contributed by atoms with Gasteiger partial charge in [-0.25, -0.2) is 0 Å². The maximum absolute atomic E-state index is 12.8. The second kappa shape index (κ2) is 9.70. The number of amidine groups is 1. The van der Waals surface area contributed by atoms with Crippen LogP contribution in [0, 0.1) is 17.8 Å². The SMILES string of the molecule is CC(=O)N(c1ccc(Oc2ccccc2)cc1)C1CSC(=NC23CC4CC(CC(C4)C2)C3)N1C.Cl. The Morgan fingerprint density at radius 1 is 0.971 bits per heavy atom. The molecular weight excluding hydrogens is 478 g/mol. The van der Waals surface area contributed by atoms with Gasteiger partial charge in [-0.2, -0.15) is 0 Å². The highest BCUT2D eigenvalue weighted by atomic mass is 35.5. The van der Waals surface area contributed by atoms with Gasteiger partial charge in [-0.15, -0.1) is 12.4 Å². The van der Waals surface area contributed by atoms with Gasteiger partial charge in [0.05, 0.1) is 5.54 Å². The van der Waals surface area contributed by atoms with Gasteiger partial charge in [0.15, 0.2) is 5.17 Å². The lowest BCUT2D eigenvalue weighted by Crippen LogP contribution is -2.51. The summed E-state index contributed by atoms with van der Waals surface area (Å²) in [7, 11) is 2.10. The number of anilines is 1. The Labute approximate surface area is 218 Å². The van der Waals surface area contributed by atoms with Crippen molar-refractivity contribution in [1.29, 1.82) is 0 Å². The molecule has 1 atom stereocenters. The molecule has 5 fully saturated rings. The van der Waals surface area contributed by atoms with Crippen molar-refractivity contribution >= 4 is 40.9 Å². The number of carbonyl (C=O) groups excluding carboxylic acids is 1. The minimum Gasteiger partial charge on any atom is -0.457 e. The summed E-state index contributed by atoms with van der Waals surface area (Å²) < 4.78 is 5.93. The molecule has 2 aromatic rings. The third kappa shape index (κ3) is 4.79. The zero-order valence-electron chi connectivity index (χ0n) is 20.4. The Balaban J connectivity index is 0.00000253. The van der Waals surface area contributed by atoms with Crippen molar-refractivity contribution in [3.05, 3.63) is 54.6 Å². The van der Waals surface area contributed by atoms with Crippen molar-refractivity contribution in [1.82, 2.24) is 4.90 Å². The summed E-state index contributed by atoms with van der Waals surface area (Å²) in [6.07, 6.45) is 8.05. The van der Waals surface area contributed by atoms with E-state index in [4.69, 9.17) is 9.73 Å². The highest BCUT2D eigenvalue weighted by Gasteiger charge is 2.51. The average molecular weight is 512 g/mol. The van der Waals surface area contributed by atoms with Crippen molar-refractivity contribution < 1.29 is 9.53 Å². The van der Waals surface area contributed by atoms with Gasteiger partial charge < -0.3 is 9.64 Å². The number of thioether (sulfide) groups is 1. The van der Waals surface area contributed by atoms with Crippen LogP contribution in [-0.2, 0) is 4.79 Å². The highest BCUT2D eigenvalue weighted by molar-refractivity contribution is 8.14. The van der Waals surface area contributed by atoms with Gasteiger partial charge in [0.1, 0.15) is 17.7 Å². The molecule has 5 nitrogen and oxygen atoms in total. The molecule has 4 bridgehead atoms. The van der Waals surface area contributed by atoms with Gasteiger partial charge in [-0.05, 0) is 92.7 Å². The van der Waals surface area contributed by atoms with Crippen molar-refractivity contribution in [2.45, 2.75) is 57.2 Å². The second-order valence-electron chi connectivity index (χ2n) is 10.7. The van der Waals surface area contributed by atoms with Crippen LogP contribution in [0.3, 0.4) is 0 Å². The molecule has 1 aliphatic heterocycles. The molecule has 7 rings (SSSR count). The molecule has 0 radical (unpaired) electrons. The molecule has 35 heavy (non-hydrogen) atoms. The van der Waals surface area contributed by atoms with E-state index in [0.717, 1.165) is 45.9 Å². The predicted octanol–water partition coefficient (Wildman–Crippen LogP) is 6.58. The summed E-state index contributed by atoms with van der Waals surface area (Å²) in [5.74, 6) is 5.09. The zero-order chi connectivity index (χ0) is 23.3. The molecule has 1 amide bonds. The highest BCUT2D eigenvalue weighted by Crippen LogP contribution is 2.57. The Kier molecular flexibility index (Phi) is 6.79. The Bertz CT molecular complexity index is 1060. The molecule has 0 spiro atoms. The van der Waals surface area contributed by atoms with E-state index in [0.29, 0.717) is 0 Å². The van der Waals surface area contributed by atoms with Gasteiger partial charge in [-0.1, -0.05) is 30.0 Å². The number of aliphatic imine (C=N–C) groups is 1. The second-order valence-corrected chi connectivity index (χ2v) is 11.7. The fraction of sp³-hybridized carbons (Fsp3) is 0.500. The minimum atomic E-state index is -0.0314. The monoisotopic (exact) mass is 511 g/mol. The summed E-state index contributed by atoms with van der Waals surface area (Å²) in [5.41, 5.74) is 1.04. The van der Waals surface area contributed by atoms with Crippen LogP contribution >= 0.6 is 24.2 Å². The van der Waals surface area contributed by atoms with E-state index < -0.39 is 0 Å². The molecule has 1 unspecified atom stereocenters. The van der Waals surface area contributed by atoms with Crippen LogP contribution in [0.15, 0.2) is 59.6 Å². The lowest BCUT2D eigenvalue weighted by Gasteiger charge is -2.55. The summed E-state index contributed by atoms with van der Waals surface area (Å²) in [6.45, 7) is 1.65. The van der Waals surface area contributed by atoms with E-state index >= 15 is 0 Å². The van der Waals surface area contributed by atoms with Gasteiger partial charge in [0, 0.05) is 25.4 Å². The first kappa shape index (κ1) is 24.5. The first-order chi connectivity index (χ1) is 16.5. The van der Waals surface area contributed by atoms with E-state index in [-0.39, 0.29) is 30.0 Å². The molecule has 5 aliphatic rings. The number of hydrogen-bond donors (Lipinski definition) is 0. The van der Waals surface area contributed by atoms with Gasteiger partial charge in [0.25, 0.3) is 0 Å². The Hall–Kier alpha value is -2.18. The Morgan fingerprint density at radius 3 is 2.11 bits per heavy atom. The number of rotatable bonds is 5. The molecule has 4 aliphatic carbocycles. The number of benzene rings is 2. The summed E-state index contributed by atoms with van der Waals surface area (Å²) >= 11 is 1.81. The number of hydrogen-bond acceptors (Lipinski definition) is 4. The van der Waals surface area contributed by atoms with Crippen LogP contribution in [-0.4, -0.2) is 40.5 Å². The van der Waals surface area contributed by atoms with Crippen molar-refractivity contribution in [3.63, 3.8) is 0 Å². The average Bonchev–Trinajstić information content (AvgIpc) is 3.14. The molecule has 186 valence electrons. The molecule has 0 N–H and O–H groups in total. The zero-order valence-corrected chi connectivity index (χ0v) is 22.1. The van der Waals surface area contributed by atoms with Gasteiger partial charge >= 0.3 is 0 Å². The van der Waals surface area contributed by atoms with Crippen LogP contribution in [0.25, 0.3) is 0 Å². The quantitative estimate of drug-likeness (QED) is 0.454. The van der Waals surface area contributed by atoms with E-state index in [2.05, 4.69) is 11.9 Å². The predicted molar refractivity (Wildman–Crippen MR) is 146 cm³/mol. The largest absolute Gasteiger partial charge is 0.457 e. The lowest BCUT2D eigenvalue weighted by atomic mass is 9.53. The summed E-state index contributed by atoms with van der Waals surface area (Å²) in [5, 5.41) is 1.11. The normalized spacial score (nSPS) is 31.9. The first-order valence-corrected chi connectivity index (χ1v) is 13.5. The number of para-hydroxylation sites is 1. The Morgan fingerprint density at radius 2 is 1.54 bits per heavy atom. The van der Waals surface area contributed by atoms with Crippen LogP contribution in [0.4, 0.5) is 5.69 Å². The van der Waals surface area contributed by atoms with Crippen molar-refractivity contribution in [3.8, 4) is 11.5 Å². The van der Waals surface area contributed by atoms with Gasteiger partial charge in [-0.3, -0.25) is 14.7 Å². The number of halogens is 1. The molecule has 0 aromatic heterocycles. The number of amides is 1. The summed E-state index contributed by atoms with van der Waals surface area (Å²) in [6, 6.07) is 17.6. The van der Waals surface area contributed by atoms with Crippen molar-refractivity contribution in [2.75, 3.05) is 17.7 Å². The van der Waals surface area contributed by atoms with Gasteiger partial charge in [0.2, 0.25) is 5.91 Å². The smallest absolute Gasteiger partial charge is 0.225 e. The maximum atomic E-state index is 12.8. The maximum Gasteiger partial charge on any atom is 0.225 e. The lowest BCUT2D eigenvalue weighted by molar-refractivity contribution is -0.117. The first-order valence-electron chi connectivity index (χ1n) is 12.6. The third-order valence-corrected chi connectivity index (χ3v) is 9.28. The summed E-state index contributed by atoms with van der Waals surface area (Å²) in [4.78, 5) is 22.4. The fourth-order valence-electron chi connectivity index (χ4n) is 7.12. The topological polar surface area (TPSA) is 45.1 Å².